The molecule has 0 spiro atoms. The fraction of sp³-hybridized carbons (Fsp3) is 0.188. The summed E-state index contributed by atoms with van der Waals surface area (Å²) in [4.78, 5) is 7.79. The normalized spacial score (nSPS) is 11.4. The van der Waals surface area contributed by atoms with Crippen LogP contribution < -0.4 is 5.32 Å². The number of nitriles is 1. The van der Waals surface area contributed by atoms with Crippen molar-refractivity contribution in [2.24, 2.45) is 0 Å². The summed E-state index contributed by atoms with van der Waals surface area (Å²) in [5.74, 6) is 0.409. The SMILES string of the molecule is Cc1cc(/C=C/C#N)cc(C)c1Nc1ccnc(S(C)(=O)=O)n1. The number of nitrogens with one attached hydrogen (secondary N) is 1. The zero-order chi connectivity index (χ0) is 17.0. The van der Waals surface area contributed by atoms with Crippen LogP contribution in [0, 0.1) is 25.2 Å². The Kier molecular flexibility index (Phi) is 4.77. The summed E-state index contributed by atoms with van der Waals surface area (Å²) in [5, 5.41) is 11.5. The fourth-order valence-electron chi connectivity index (χ4n) is 2.14. The van der Waals surface area contributed by atoms with Crippen molar-refractivity contribution in [3.8, 4) is 6.07 Å². The minimum atomic E-state index is -3.46. The molecule has 0 aliphatic heterocycles. The second-order valence-corrected chi connectivity index (χ2v) is 7.02. The highest BCUT2D eigenvalue weighted by atomic mass is 32.2. The Balaban J connectivity index is 2.38. The molecule has 0 saturated carbocycles. The summed E-state index contributed by atoms with van der Waals surface area (Å²) in [5.41, 5.74) is 3.69. The van der Waals surface area contributed by atoms with Crippen molar-refractivity contribution in [2.75, 3.05) is 11.6 Å². The van der Waals surface area contributed by atoms with Gasteiger partial charge in [0.2, 0.25) is 15.0 Å². The van der Waals surface area contributed by atoms with E-state index in [0.29, 0.717) is 5.82 Å². The van der Waals surface area contributed by atoms with Crippen LogP contribution in [-0.2, 0) is 9.84 Å². The van der Waals surface area contributed by atoms with Crippen LogP contribution in [0.5, 0.6) is 0 Å². The smallest absolute Gasteiger partial charge is 0.248 e. The molecule has 0 fully saturated rings. The minimum Gasteiger partial charge on any atom is -0.340 e. The van der Waals surface area contributed by atoms with Gasteiger partial charge in [-0.1, -0.05) is 0 Å². The Bertz CT molecular complexity index is 889. The first-order valence-corrected chi connectivity index (χ1v) is 8.68. The molecule has 1 aromatic carbocycles. The molecule has 6 nitrogen and oxygen atoms in total. The van der Waals surface area contributed by atoms with Gasteiger partial charge in [0.15, 0.2) is 0 Å². The van der Waals surface area contributed by atoms with Gasteiger partial charge in [0.1, 0.15) is 5.82 Å². The summed E-state index contributed by atoms with van der Waals surface area (Å²) in [6.45, 7) is 3.86. The number of benzene rings is 1. The molecule has 0 amide bonds. The van der Waals surface area contributed by atoms with Gasteiger partial charge in [-0.05, 0) is 54.8 Å². The largest absolute Gasteiger partial charge is 0.340 e. The lowest BCUT2D eigenvalue weighted by atomic mass is 10.0. The molecule has 0 saturated heterocycles. The lowest BCUT2D eigenvalue weighted by molar-refractivity contribution is 0.593. The van der Waals surface area contributed by atoms with Crippen molar-refractivity contribution >= 4 is 27.4 Å². The molecule has 1 aromatic heterocycles. The van der Waals surface area contributed by atoms with Gasteiger partial charge in [0, 0.05) is 24.2 Å². The monoisotopic (exact) mass is 328 g/mol. The molecular weight excluding hydrogens is 312 g/mol. The number of anilines is 2. The van der Waals surface area contributed by atoms with Crippen molar-refractivity contribution in [2.45, 2.75) is 19.0 Å². The van der Waals surface area contributed by atoms with Crippen molar-refractivity contribution < 1.29 is 8.42 Å². The number of rotatable bonds is 4. The Hall–Kier alpha value is -2.72. The number of nitrogens with zero attached hydrogens (tertiary/aromatic N) is 3. The van der Waals surface area contributed by atoms with Gasteiger partial charge in [-0.2, -0.15) is 5.26 Å². The van der Waals surface area contributed by atoms with Crippen LogP contribution in [0.3, 0.4) is 0 Å². The maximum Gasteiger partial charge on any atom is 0.248 e. The Morgan fingerprint density at radius 2 is 1.91 bits per heavy atom. The summed E-state index contributed by atoms with van der Waals surface area (Å²) in [6.07, 6.45) is 5.62. The van der Waals surface area contributed by atoms with E-state index < -0.39 is 9.84 Å². The summed E-state index contributed by atoms with van der Waals surface area (Å²) < 4.78 is 23.1. The number of hydrogen-bond acceptors (Lipinski definition) is 6. The molecule has 0 aliphatic carbocycles. The third-order valence-electron chi connectivity index (χ3n) is 3.12. The third kappa shape index (κ3) is 4.14. The molecule has 2 rings (SSSR count). The summed E-state index contributed by atoms with van der Waals surface area (Å²) in [6, 6.07) is 7.43. The van der Waals surface area contributed by atoms with E-state index in [4.69, 9.17) is 5.26 Å². The summed E-state index contributed by atoms with van der Waals surface area (Å²) >= 11 is 0. The van der Waals surface area contributed by atoms with E-state index in [1.165, 1.54) is 12.3 Å². The topological polar surface area (TPSA) is 95.7 Å². The quantitative estimate of drug-likeness (QED) is 0.685. The van der Waals surface area contributed by atoms with E-state index in [2.05, 4.69) is 15.3 Å². The van der Waals surface area contributed by atoms with Gasteiger partial charge in [-0.3, -0.25) is 0 Å². The summed E-state index contributed by atoms with van der Waals surface area (Å²) in [7, 11) is -3.46. The van der Waals surface area contributed by atoms with Crippen LogP contribution >= 0.6 is 0 Å². The van der Waals surface area contributed by atoms with Crippen molar-refractivity contribution in [1.82, 2.24) is 9.97 Å². The highest BCUT2D eigenvalue weighted by Gasteiger charge is 2.12. The lowest BCUT2D eigenvalue weighted by Gasteiger charge is -2.13. The molecule has 118 valence electrons. The van der Waals surface area contributed by atoms with Gasteiger partial charge in [0.25, 0.3) is 0 Å². The average molecular weight is 328 g/mol. The van der Waals surface area contributed by atoms with E-state index in [9.17, 15) is 8.42 Å². The van der Waals surface area contributed by atoms with Gasteiger partial charge < -0.3 is 5.32 Å². The van der Waals surface area contributed by atoms with Crippen LogP contribution in [0.2, 0.25) is 0 Å². The van der Waals surface area contributed by atoms with E-state index in [1.807, 2.05) is 32.0 Å². The molecule has 0 atom stereocenters. The van der Waals surface area contributed by atoms with Gasteiger partial charge in [-0.25, -0.2) is 18.4 Å². The van der Waals surface area contributed by atoms with E-state index in [1.54, 1.807) is 12.1 Å². The van der Waals surface area contributed by atoms with Crippen LogP contribution in [0.4, 0.5) is 11.5 Å². The van der Waals surface area contributed by atoms with Gasteiger partial charge in [0.05, 0.1) is 6.07 Å². The van der Waals surface area contributed by atoms with E-state index >= 15 is 0 Å². The Morgan fingerprint density at radius 3 is 2.48 bits per heavy atom. The molecule has 1 N–H and O–H groups in total. The highest BCUT2D eigenvalue weighted by molar-refractivity contribution is 7.90. The first kappa shape index (κ1) is 16.6. The van der Waals surface area contributed by atoms with Crippen molar-refractivity contribution in [3.63, 3.8) is 0 Å². The molecule has 0 bridgehead atoms. The predicted octanol–water partition coefficient (Wildman–Crippen LogP) is 2.78. The molecule has 0 unspecified atom stereocenters. The Morgan fingerprint density at radius 1 is 1.26 bits per heavy atom. The zero-order valence-electron chi connectivity index (χ0n) is 13.0. The van der Waals surface area contributed by atoms with Crippen LogP contribution in [0.1, 0.15) is 16.7 Å². The number of sulfone groups is 1. The first-order chi connectivity index (χ1) is 10.8. The van der Waals surface area contributed by atoms with E-state index in [0.717, 1.165) is 28.6 Å². The molecule has 7 heteroatoms. The number of allylic oxidation sites excluding steroid dienone is 1. The van der Waals surface area contributed by atoms with Crippen LogP contribution in [0.15, 0.2) is 35.6 Å². The molecule has 1 heterocycles. The van der Waals surface area contributed by atoms with Gasteiger partial charge in [-0.15, -0.1) is 0 Å². The fourth-order valence-corrected chi connectivity index (χ4v) is 2.66. The standard InChI is InChI=1S/C16H16N4O2S/c1-11-9-13(5-4-7-17)10-12(2)15(11)19-14-6-8-18-16(20-14)23(3,21)22/h4-6,8-10H,1-3H3,(H,18,19,20)/b5-4+. The minimum absolute atomic E-state index is 0.216. The number of hydrogen-bond donors (Lipinski definition) is 1. The molecular formula is C16H16N4O2S. The number of aryl methyl sites for hydroxylation is 2. The van der Waals surface area contributed by atoms with Crippen molar-refractivity contribution in [1.29, 1.82) is 5.26 Å². The second-order valence-electron chi connectivity index (χ2n) is 5.11. The highest BCUT2D eigenvalue weighted by Crippen LogP contribution is 2.26. The predicted molar refractivity (Wildman–Crippen MR) is 89.0 cm³/mol. The molecule has 0 aliphatic rings. The van der Waals surface area contributed by atoms with Crippen molar-refractivity contribution in [3.05, 3.63) is 47.2 Å². The van der Waals surface area contributed by atoms with E-state index in [-0.39, 0.29) is 5.16 Å². The average Bonchev–Trinajstić information content (AvgIpc) is 2.48. The molecule has 2 aromatic rings. The Labute approximate surface area is 135 Å². The second kappa shape index (κ2) is 6.58. The number of aromatic nitrogens is 2. The molecule has 0 radical (unpaired) electrons. The van der Waals surface area contributed by atoms with Gasteiger partial charge >= 0.3 is 0 Å². The lowest BCUT2D eigenvalue weighted by Crippen LogP contribution is -2.06. The zero-order valence-corrected chi connectivity index (χ0v) is 13.8. The first-order valence-electron chi connectivity index (χ1n) is 6.79. The maximum atomic E-state index is 11.5. The third-order valence-corrected chi connectivity index (χ3v) is 3.98. The van der Waals surface area contributed by atoms with Crippen LogP contribution in [-0.4, -0.2) is 24.6 Å². The maximum absolute atomic E-state index is 11.5. The molecule has 23 heavy (non-hydrogen) atoms. The van der Waals surface area contributed by atoms with Crippen LogP contribution in [0.25, 0.3) is 6.08 Å².